The quantitative estimate of drug-likeness (QED) is 0.110. The van der Waals surface area contributed by atoms with Crippen molar-refractivity contribution in [2.75, 3.05) is 6.61 Å². The van der Waals surface area contributed by atoms with Crippen LogP contribution in [0.5, 0.6) is 17.2 Å². The largest absolute Gasteiger partial charge is 0.504 e. The molecule has 0 saturated carbocycles. The number of aliphatic hydroxyl groups excluding tert-OH is 7. The Morgan fingerprint density at radius 1 is 0.761 bits per heavy atom. The molecule has 10 atom stereocenters. The molecule has 0 aliphatic carbocycles. The highest BCUT2D eigenvalue weighted by Gasteiger charge is 2.47. The summed E-state index contributed by atoms with van der Waals surface area (Å²) in [6, 6.07) is 7.41. The van der Waals surface area contributed by atoms with E-state index in [1.54, 1.807) is 0 Å². The van der Waals surface area contributed by atoms with Gasteiger partial charge in [0.2, 0.25) is 6.29 Å². The monoisotopic (exact) mass is 648 g/mol. The van der Waals surface area contributed by atoms with Crippen LogP contribution < -0.4 is 10.2 Å². The molecular formula is C30H32O16. The van der Waals surface area contributed by atoms with Crippen LogP contribution in [0.1, 0.15) is 12.7 Å². The van der Waals surface area contributed by atoms with Crippen molar-refractivity contribution in [2.24, 2.45) is 0 Å². The molecule has 0 bridgehead atoms. The Morgan fingerprint density at radius 3 is 2.13 bits per heavy atom. The molecule has 4 heterocycles. The second-order valence-electron chi connectivity index (χ2n) is 11.2. The highest BCUT2D eigenvalue weighted by atomic mass is 16.7. The molecule has 2 aliphatic rings. The number of hydrogen-bond acceptors (Lipinski definition) is 16. The van der Waals surface area contributed by atoms with Crippen LogP contribution in [0.25, 0.3) is 33.3 Å². The van der Waals surface area contributed by atoms with E-state index in [-0.39, 0.29) is 44.8 Å². The lowest BCUT2D eigenvalue weighted by molar-refractivity contribution is -0.318. The van der Waals surface area contributed by atoms with Crippen LogP contribution in [0, 0.1) is 0 Å². The third-order valence-corrected chi connectivity index (χ3v) is 8.05. The molecule has 0 unspecified atom stereocenters. The zero-order valence-electron chi connectivity index (χ0n) is 24.0. The van der Waals surface area contributed by atoms with Crippen molar-refractivity contribution in [3.63, 3.8) is 0 Å². The first-order chi connectivity index (χ1) is 21.9. The van der Waals surface area contributed by atoms with Gasteiger partial charge in [-0.05, 0) is 31.2 Å². The molecule has 0 amide bonds. The lowest BCUT2D eigenvalue weighted by Crippen LogP contribution is -2.61. The minimum Gasteiger partial charge on any atom is -0.504 e. The van der Waals surface area contributed by atoms with Crippen LogP contribution in [-0.2, 0) is 20.8 Å². The van der Waals surface area contributed by atoms with E-state index in [0.717, 1.165) is 12.1 Å². The Bertz CT molecular complexity index is 1780. The Labute approximate surface area is 258 Å². The summed E-state index contributed by atoms with van der Waals surface area (Å²) in [6.07, 6.45) is -15.6. The van der Waals surface area contributed by atoms with Gasteiger partial charge in [-0.25, -0.2) is 0 Å². The first-order valence-corrected chi connectivity index (χ1v) is 14.2. The summed E-state index contributed by atoms with van der Waals surface area (Å²) in [5.41, 5.74) is -0.299. The summed E-state index contributed by atoms with van der Waals surface area (Å²) in [5.74, 6) is -1.26. The van der Waals surface area contributed by atoms with Crippen molar-refractivity contribution in [1.82, 2.24) is 0 Å². The standard InChI is InChI=1S/C30H32O16/c1-10-21(35)23(37)25(39)29(42-10)41-9-19-22(36)24(38)26(40)30(45-19)46-28-14-7-13(8-31)43-17-5-12(32)6-18(20(14)17)44-27(28)11-2-3-15(33)16(34)4-11/h2-7,10,19,21-26,29-31,33-40H,8-9H2,1H3/t10-,19+,21-,22+,23+,24-,25+,26+,29+,30-/m0/s1. The minimum absolute atomic E-state index is 0.00868. The fraction of sp³-hybridized carbons (Fsp3) is 0.433. The molecule has 16 nitrogen and oxygen atoms in total. The summed E-state index contributed by atoms with van der Waals surface area (Å²) in [4.78, 5) is 12.4. The van der Waals surface area contributed by atoms with Gasteiger partial charge in [0.15, 0.2) is 34.7 Å². The predicted octanol–water partition coefficient (Wildman–Crippen LogP) is -0.860. The highest BCUT2D eigenvalue weighted by molar-refractivity contribution is 6.09. The lowest BCUT2D eigenvalue weighted by atomic mass is 9.98. The summed E-state index contributed by atoms with van der Waals surface area (Å²) in [7, 11) is 0. The van der Waals surface area contributed by atoms with E-state index in [0.29, 0.717) is 0 Å². The smallest absolute Gasteiger partial charge is 0.229 e. The van der Waals surface area contributed by atoms with Crippen molar-refractivity contribution >= 4 is 21.9 Å². The topological polar surface area (TPSA) is 262 Å². The third kappa shape index (κ3) is 5.69. The van der Waals surface area contributed by atoms with Crippen molar-refractivity contribution in [3.05, 3.63) is 52.4 Å². The minimum atomic E-state index is -1.87. The SMILES string of the molecule is C[C@@H]1O[C@@H](OC[C@H]2O[C@@H](Oc3c(-c4ccc(O)c(O)c4)oc4cc(=O)cc5oc(CO)cc3c54)[C@H](O)[C@@H](O)[C@@H]2O)[C@H](O)[C@H](O)[C@H]1O. The number of hydrogen-bond donors (Lipinski definition) is 9. The van der Waals surface area contributed by atoms with E-state index in [9.17, 15) is 50.8 Å². The normalized spacial score (nSPS) is 31.8. The maximum absolute atomic E-state index is 12.4. The maximum Gasteiger partial charge on any atom is 0.229 e. The summed E-state index contributed by atoms with van der Waals surface area (Å²) < 4.78 is 34.6. The Morgan fingerprint density at radius 2 is 1.43 bits per heavy atom. The molecule has 0 spiro atoms. The van der Waals surface area contributed by atoms with E-state index in [1.807, 2.05) is 0 Å². The fourth-order valence-corrected chi connectivity index (χ4v) is 5.51. The molecule has 2 aliphatic heterocycles. The van der Waals surface area contributed by atoms with Gasteiger partial charge in [0.1, 0.15) is 66.3 Å². The van der Waals surface area contributed by atoms with E-state index >= 15 is 0 Å². The van der Waals surface area contributed by atoms with Gasteiger partial charge in [-0.1, -0.05) is 0 Å². The van der Waals surface area contributed by atoms with E-state index in [2.05, 4.69) is 0 Å². The number of benzene rings is 2. The van der Waals surface area contributed by atoms with Gasteiger partial charge in [-0.15, -0.1) is 0 Å². The number of aromatic hydroxyl groups is 2. The van der Waals surface area contributed by atoms with Gasteiger partial charge < -0.3 is 73.7 Å². The first kappa shape index (κ1) is 32.1. The van der Waals surface area contributed by atoms with Crippen LogP contribution in [0.15, 0.2) is 50.0 Å². The molecule has 4 aromatic rings. The average molecular weight is 649 g/mol. The number of rotatable bonds is 7. The molecule has 248 valence electrons. The number of ether oxygens (including phenoxy) is 4. The Balaban J connectivity index is 1.39. The van der Waals surface area contributed by atoms with Gasteiger partial charge in [0, 0.05) is 23.1 Å². The van der Waals surface area contributed by atoms with Gasteiger partial charge in [0.05, 0.1) is 18.1 Å². The van der Waals surface area contributed by atoms with Crippen molar-refractivity contribution in [3.8, 4) is 28.6 Å². The van der Waals surface area contributed by atoms with Gasteiger partial charge in [-0.3, -0.25) is 4.79 Å². The molecule has 6 rings (SSSR count). The lowest BCUT2D eigenvalue weighted by Gasteiger charge is -2.42. The first-order valence-electron chi connectivity index (χ1n) is 14.2. The molecule has 2 fully saturated rings. The summed E-state index contributed by atoms with van der Waals surface area (Å²) in [5, 5.41) is 93.1. The Hall–Kier alpha value is -3.81. The van der Waals surface area contributed by atoms with Crippen molar-refractivity contribution in [2.45, 2.75) is 74.9 Å². The highest BCUT2D eigenvalue weighted by Crippen LogP contribution is 2.44. The van der Waals surface area contributed by atoms with Crippen LogP contribution in [0.4, 0.5) is 0 Å². The molecule has 2 aromatic carbocycles. The van der Waals surface area contributed by atoms with E-state index < -0.39 is 91.6 Å². The number of phenolic OH excluding ortho intramolecular Hbond substituents is 2. The molecular weight excluding hydrogens is 616 g/mol. The second kappa shape index (κ2) is 12.4. The predicted molar refractivity (Wildman–Crippen MR) is 153 cm³/mol. The van der Waals surface area contributed by atoms with Crippen LogP contribution in [-0.4, -0.2) is 114 Å². The second-order valence-corrected chi connectivity index (χ2v) is 11.2. The summed E-state index contributed by atoms with van der Waals surface area (Å²) in [6.45, 7) is 0.315. The third-order valence-electron chi connectivity index (χ3n) is 8.05. The molecule has 16 heteroatoms. The van der Waals surface area contributed by atoms with Gasteiger partial charge in [0.25, 0.3) is 0 Å². The van der Waals surface area contributed by atoms with Crippen LogP contribution in [0.3, 0.4) is 0 Å². The molecule has 2 saturated heterocycles. The van der Waals surface area contributed by atoms with Gasteiger partial charge >= 0.3 is 0 Å². The fourth-order valence-electron chi connectivity index (χ4n) is 5.51. The van der Waals surface area contributed by atoms with Crippen molar-refractivity contribution in [1.29, 1.82) is 0 Å². The van der Waals surface area contributed by atoms with Crippen LogP contribution in [0.2, 0.25) is 0 Å². The van der Waals surface area contributed by atoms with E-state index in [4.69, 9.17) is 27.8 Å². The zero-order chi connectivity index (χ0) is 33.0. The zero-order valence-corrected chi connectivity index (χ0v) is 24.0. The average Bonchev–Trinajstić information content (AvgIpc) is 3.03. The maximum atomic E-state index is 12.4. The molecule has 2 aromatic heterocycles. The number of phenols is 2. The molecule has 46 heavy (non-hydrogen) atoms. The van der Waals surface area contributed by atoms with Crippen LogP contribution >= 0.6 is 0 Å². The van der Waals surface area contributed by atoms with Gasteiger partial charge in [-0.2, -0.15) is 0 Å². The summed E-state index contributed by atoms with van der Waals surface area (Å²) >= 11 is 0. The molecule has 9 N–H and O–H groups in total. The van der Waals surface area contributed by atoms with E-state index in [1.165, 1.54) is 31.2 Å². The number of aliphatic hydroxyl groups is 7. The molecule has 0 radical (unpaired) electrons. The van der Waals surface area contributed by atoms with Crippen molar-refractivity contribution < 1.29 is 73.7 Å². The Kier molecular flexibility index (Phi) is 8.68.